The van der Waals surface area contributed by atoms with Gasteiger partial charge in [-0.2, -0.15) is 0 Å². The Hall–Kier alpha value is -2.48. The Morgan fingerprint density at radius 1 is 0.417 bits per heavy atom. The van der Waals surface area contributed by atoms with Gasteiger partial charge in [0.15, 0.2) is 0 Å². The van der Waals surface area contributed by atoms with E-state index >= 15 is 0 Å². The molecule has 2 rings (SSSR count). The van der Waals surface area contributed by atoms with E-state index in [0.29, 0.717) is 25.9 Å². The first kappa shape index (κ1) is 29.7. The highest BCUT2D eigenvalue weighted by molar-refractivity contribution is 8.76. The van der Waals surface area contributed by atoms with E-state index in [1.54, 1.807) is 0 Å². The van der Waals surface area contributed by atoms with Crippen molar-refractivity contribution in [1.29, 1.82) is 0 Å². The van der Waals surface area contributed by atoms with E-state index in [1.165, 1.54) is 28.2 Å². The molecule has 0 unspecified atom stereocenters. The van der Waals surface area contributed by atoms with Crippen LogP contribution in [0.15, 0.2) is 28.8 Å². The fourth-order valence-corrected chi connectivity index (χ4v) is 6.03. The predicted molar refractivity (Wildman–Crippen MR) is 144 cm³/mol. The first-order valence-corrected chi connectivity index (χ1v) is 14.6. The van der Waals surface area contributed by atoms with Crippen LogP contribution in [0, 0.1) is 0 Å². The van der Waals surface area contributed by atoms with Gasteiger partial charge in [0.1, 0.15) is 0 Å². The van der Waals surface area contributed by atoms with Gasteiger partial charge in [0.05, 0.1) is 0 Å². The third-order valence-corrected chi connectivity index (χ3v) is 8.60. The van der Waals surface area contributed by atoms with Gasteiger partial charge in [-0.1, -0.05) is 47.3 Å². The molecule has 202 valence electrons. The van der Waals surface area contributed by atoms with Crippen LogP contribution >= 0.6 is 21.6 Å². The van der Waals surface area contributed by atoms with Crippen molar-refractivity contribution in [3.05, 3.63) is 62.9 Å². The minimum atomic E-state index is -0.610. The molecule has 0 atom stereocenters. The van der Waals surface area contributed by atoms with Crippen molar-refractivity contribution >= 4 is 21.6 Å². The topological polar surface area (TPSA) is 132 Å². The van der Waals surface area contributed by atoms with E-state index in [1.807, 2.05) is 21.6 Å². The Balaban J connectivity index is 1.52. The zero-order valence-electron chi connectivity index (χ0n) is 21.4. The van der Waals surface area contributed by atoms with Crippen LogP contribution in [0.4, 0.5) is 0 Å². The number of hydrogen-bond donors (Lipinski definition) is 0. The van der Waals surface area contributed by atoms with E-state index < -0.39 is 34.1 Å². The lowest BCUT2D eigenvalue weighted by atomic mass is 10.2. The molecule has 0 saturated heterocycles. The molecule has 0 aliphatic heterocycles. The maximum atomic E-state index is 12.1. The van der Waals surface area contributed by atoms with Gasteiger partial charge in [-0.3, -0.25) is 0 Å². The SMILES string of the molecule is Cn1c(=O)n(C)c(=O)n(CCCCCCSSCCCCCCn2c(=O)n(C)c(=O)n(C)c2=O)c1=O. The summed E-state index contributed by atoms with van der Waals surface area (Å²) in [5.74, 6) is 2.07. The molecule has 0 spiro atoms. The second-order valence-electron chi connectivity index (χ2n) is 8.71. The molecule has 0 bridgehead atoms. The van der Waals surface area contributed by atoms with Gasteiger partial charge in [-0.15, -0.1) is 0 Å². The number of unbranched alkanes of at least 4 members (excludes halogenated alkanes) is 6. The second kappa shape index (κ2) is 14.3. The first-order chi connectivity index (χ1) is 17.1. The van der Waals surface area contributed by atoms with Gasteiger partial charge in [0.2, 0.25) is 0 Å². The van der Waals surface area contributed by atoms with Gasteiger partial charge in [-0.25, -0.2) is 56.2 Å². The Bertz CT molecular complexity index is 1190. The number of nitrogens with zero attached hydrogens (tertiary/aromatic N) is 6. The van der Waals surface area contributed by atoms with Crippen LogP contribution in [0.2, 0.25) is 0 Å². The zero-order valence-corrected chi connectivity index (χ0v) is 23.1. The Morgan fingerprint density at radius 2 is 0.694 bits per heavy atom. The van der Waals surface area contributed by atoms with Gasteiger partial charge in [0, 0.05) is 52.8 Å². The van der Waals surface area contributed by atoms with Crippen molar-refractivity contribution in [2.45, 2.75) is 64.5 Å². The predicted octanol–water partition coefficient (Wildman–Crippen LogP) is 0.00720. The summed E-state index contributed by atoms with van der Waals surface area (Å²) in [4.78, 5) is 71.9. The summed E-state index contributed by atoms with van der Waals surface area (Å²) in [6, 6.07) is 0. The Morgan fingerprint density at radius 3 is 1.00 bits per heavy atom. The fraction of sp³-hybridized carbons (Fsp3) is 0.727. The van der Waals surface area contributed by atoms with Gasteiger partial charge >= 0.3 is 34.1 Å². The van der Waals surface area contributed by atoms with E-state index in [4.69, 9.17) is 0 Å². The summed E-state index contributed by atoms with van der Waals surface area (Å²) in [5.41, 5.74) is -3.50. The number of hydrogen-bond acceptors (Lipinski definition) is 8. The molecule has 0 aromatic carbocycles. The quantitative estimate of drug-likeness (QED) is 0.226. The van der Waals surface area contributed by atoms with E-state index in [2.05, 4.69) is 0 Å². The standard InChI is InChI=1S/C22H36N6O6S2/c1-23-17(29)24(2)20(32)27(19(23)31)13-9-5-7-11-15-35-36-16-12-8-6-10-14-28-21(33)25(3)18(30)26(4)22(28)34/h5-16H2,1-4H3. The van der Waals surface area contributed by atoms with Crippen molar-refractivity contribution in [1.82, 2.24) is 27.4 Å². The van der Waals surface area contributed by atoms with Gasteiger partial charge in [-0.05, 0) is 25.7 Å². The molecule has 0 radical (unpaired) electrons. The maximum absolute atomic E-state index is 12.1. The lowest BCUT2D eigenvalue weighted by Gasteiger charge is -2.09. The summed E-state index contributed by atoms with van der Waals surface area (Å²) in [5, 5.41) is 0. The molecule has 0 N–H and O–H groups in total. The molecule has 2 aromatic heterocycles. The molecule has 0 amide bonds. The van der Waals surface area contributed by atoms with Gasteiger partial charge in [0.25, 0.3) is 0 Å². The lowest BCUT2D eigenvalue weighted by Crippen LogP contribution is -2.52. The highest BCUT2D eigenvalue weighted by atomic mass is 33.1. The molecule has 0 aliphatic carbocycles. The summed E-state index contributed by atoms with van der Waals surface area (Å²) >= 11 is 0. The average Bonchev–Trinajstić information content (AvgIpc) is 2.87. The Kier molecular flexibility index (Phi) is 11.8. The molecule has 0 saturated carbocycles. The largest absolute Gasteiger partial charge is 0.336 e. The fourth-order valence-electron chi connectivity index (χ4n) is 3.73. The normalized spacial score (nSPS) is 11.3. The molecule has 14 heteroatoms. The molecule has 0 fully saturated rings. The summed E-state index contributed by atoms with van der Waals surface area (Å²) in [6.45, 7) is 0.625. The van der Waals surface area contributed by atoms with Crippen molar-refractivity contribution in [3.8, 4) is 0 Å². The van der Waals surface area contributed by atoms with E-state index in [-0.39, 0.29) is 0 Å². The molecular weight excluding hydrogens is 508 g/mol. The monoisotopic (exact) mass is 544 g/mol. The smallest absolute Gasteiger partial charge is 0.248 e. The summed E-state index contributed by atoms with van der Waals surface area (Å²) in [7, 11) is 9.16. The minimum Gasteiger partial charge on any atom is -0.248 e. The number of rotatable bonds is 15. The van der Waals surface area contributed by atoms with Crippen LogP contribution in [0.3, 0.4) is 0 Å². The highest BCUT2D eigenvalue weighted by Crippen LogP contribution is 2.24. The zero-order chi connectivity index (χ0) is 26.8. The van der Waals surface area contributed by atoms with Crippen LogP contribution in [-0.2, 0) is 41.3 Å². The second-order valence-corrected chi connectivity index (χ2v) is 11.4. The minimum absolute atomic E-state index is 0.313. The number of aromatic nitrogens is 6. The average molecular weight is 545 g/mol. The van der Waals surface area contributed by atoms with E-state index in [9.17, 15) is 28.8 Å². The maximum Gasteiger partial charge on any atom is 0.336 e. The van der Waals surface area contributed by atoms with Crippen molar-refractivity contribution in [2.24, 2.45) is 28.2 Å². The Labute approximate surface area is 216 Å². The first-order valence-electron chi connectivity index (χ1n) is 12.1. The lowest BCUT2D eigenvalue weighted by molar-refractivity contribution is 0.478. The van der Waals surface area contributed by atoms with Crippen LogP contribution in [0.25, 0.3) is 0 Å². The van der Waals surface area contributed by atoms with Crippen molar-refractivity contribution < 1.29 is 0 Å². The van der Waals surface area contributed by atoms with E-state index in [0.717, 1.165) is 77.4 Å². The molecular formula is C22H36N6O6S2. The van der Waals surface area contributed by atoms with Crippen molar-refractivity contribution in [2.75, 3.05) is 11.5 Å². The summed E-state index contributed by atoms with van der Waals surface area (Å²) < 4.78 is 6.04. The van der Waals surface area contributed by atoms with Crippen LogP contribution in [-0.4, -0.2) is 38.9 Å². The molecule has 0 aliphatic rings. The molecule has 2 aromatic rings. The van der Waals surface area contributed by atoms with Crippen molar-refractivity contribution in [3.63, 3.8) is 0 Å². The van der Waals surface area contributed by atoms with Crippen LogP contribution in [0.1, 0.15) is 51.4 Å². The molecule has 12 nitrogen and oxygen atoms in total. The third kappa shape index (κ3) is 7.51. The molecule has 36 heavy (non-hydrogen) atoms. The summed E-state index contributed by atoms with van der Waals surface area (Å²) in [6.07, 6.45) is 7.38. The highest BCUT2D eigenvalue weighted by Gasteiger charge is 2.11. The third-order valence-electron chi connectivity index (χ3n) is 6.02. The van der Waals surface area contributed by atoms with Crippen LogP contribution < -0.4 is 34.1 Å². The van der Waals surface area contributed by atoms with Crippen LogP contribution in [0.5, 0.6) is 0 Å². The molecule has 2 heterocycles. The van der Waals surface area contributed by atoms with Gasteiger partial charge < -0.3 is 0 Å².